The van der Waals surface area contributed by atoms with E-state index in [2.05, 4.69) is 10.3 Å². The summed E-state index contributed by atoms with van der Waals surface area (Å²) in [5.41, 5.74) is 2.64. The highest BCUT2D eigenvalue weighted by Gasteiger charge is 2.10. The van der Waals surface area contributed by atoms with E-state index in [9.17, 15) is 4.79 Å². The van der Waals surface area contributed by atoms with Crippen LogP contribution in [-0.4, -0.2) is 18.0 Å². The van der Waals surface area contributed by atoms with E-state index in [1.54, 1.807) is 7.11 Å². The van der Waals surface area contributed by atoms with Crippen LogP contribution in [-0.2, 0) is 6.54 Å². The molecule has 0 bridgehead atoms. The van der Waals surface area contributed by atoms with Gasteiger partial charge in [-0.05, 0) is 35.9 Å². The second-order valence-corrected chi connectivity index (χ2v) is 4.78. The van der Waals surface area contributed by atoms with Gasteiger partial charge in [-0.2, -0.15) is 0 Å². The van der Waals surface area contributed by atoms with Crippen LogP contribution in [0, 0.1) is 0 Å². The molecule has 4 nitrogen and oxygen atoms in total. The molecule has 3 aromatic rings. The molecule has 3 rings (SSSR count). The van der Waals surface area contributed by atoms with Gasteiger partial charge >= 0.3 is 0 Å². The van der Waals surface area contributed by atoms with E-state index in [1.807, 2.05) is 54.7 Å². The average molecular weight is 280 g/mol. The maximum absolute atomic E-state index is 12.3. The molecular formula is C17H16N2O2. The van der Waals surface area contributed by atoms with Gasteiger partial charge in [-0.1, -0.05) is 18.2 Å². The molecule has 2 aromatic carbocycles. The molecule has 21 heavy (non-hydrogen) atoms. The summed E-state index contributed by atoms with van der Waals surface area (Å²) < 4.78 is 5.18. The van der Waals surface area contributed by atoms with E-state index < -0.39 is 0 Å². The number of aromatic nitrogens is 1. The maximum atomic E-state index is 12.3. The Morgan fingerprint density at radius 1 is 1.19 bits per heavy atom. The molecule has 0 aliphatic carbocycles. The lowest BCUT2D eigenvalue weighted by Crippen LogP contribution is -2.22. The molecule has 0 atom stereocenters. The SMILES string of the molecule is COc1cccc(CNC(=O)c2cccc3[nH]ccc23)c1. The highest BCUT2D eigenvalue weighted by Crippen LogP contribution is 2.17. The second-order valence-electron chi connectivity index (χ2n) is 4.78. The van der Waals surface area contributed by atoms with Gasteiger partial charge < -0.3 is 15.0 Å². The lowest BCUT2D eigenvalue weighted by atomic mass is 10.1. The van der Waals surface area contributed by atoms with E-state index in [0.717, 1.165) is 22.2 Å². The van der Waals surface area contributed by atoms with Gasteiger partial charge in [0.1, 0.15) is 5.75 Å². The predicted molar refractivity (Wildman–Crippen MR) is 82.5 cm³/mol. The van der Waals surface area contributed by atoms with Crippen LogP contribution < -0.4 is 10.1 Å². The maximum Gasteiger partial charge on any atom is 0.252 e. The van der Waals surface area contributed by atoms with Gasteiger partial charge in [-0.15, -0.1) is 0 Å². The van der Waals surface area contributed by atoms with E-state index in [0.29, 0.717) is 12.1 Å². The summed E-state index contributed by atoms with van der Waals surface area (Å²) in [4.78, 5) is 15.4. The Hall–Kier alpha value is -2.75. The number of nitrogens with one attached hydrogen (secondary N) is 2. The fraction of sp³-hybridized carbons (Fsp3) is 0.118. The Kier molecular flexibility index (Phi) is 3.60. The third-order valence-corrected chi connectivity index (χ3v) is 3.43. The summed E-state index contributed by atoms with van der Waals surface area (Å²) in [7, 11) is 1.63. The summed E-state index contributed by atoms with van der Waals surface area (Å²) in [6.45, 7) is 0.469. The Balaban J connectivity index is 1.76. The molecule has 4 heteroatoms. The van der Waals surface area contributed by atoms with Crippen molar-refractivity contribution in [3.05, 3.63) is 65.9 Å². The molecule has 0 fully saturated rings. The number of amides is 1. The molecule has 1 heterocycles. The van der Waals surface area contributed by atoms with Crippen molar-refractivity contribution in [1.82, 2.24) is 10.3 Å². The minimum atomic E-state index is -0.0805. The van der Waals surface area contributed by atoms with E-state index in [1.165, 1.54) is 0 Å². The van der Waals surface area contributed by atoms with Crippen molar-refractivity contribution in [2.75, 3.05) is 7.11 Å². The highest BCUT2D eigenvalue weighted by molar-refractivity contribution is 6.06. The fourth-order valence-corrected chi connectivity index (χ4v) is 2.34. The Morgan fingerprint density at radius 2 is 2.05 bits per heavy atom. The van der Waals surface area contributed by atoms with E-state index in [4.69, 9.17) is 4.74 Å². The zero-order valence-electron chi connectivity index (χ0n) is 11.7. The van der Waals surface area contributed by atoms with E-state index in [-0.39, 0.29) is 5.91 Å². The molecule has 0 unspecified atom stereocenters. The third-order valence-electron chi connectivity index (χ3n) is 3.43. The van der Waals surface area contributed by atoms with Crippen molar-refractivity contribution >= 4 is 16.8 Å². The molecule has 106 valence electrons. The number of H-pyrrole nitrogens is 1. The van der Waals surface area contributed by atoms with Gasteiger partial charge in [0.2, 0.25) is 0 Å². The first kappa shape index (κ1) is 13.2. The topological polar surface area (TPSA) is 54.1 Å². The average Bonchev–Trinajstić information content (AvgIpc) is 3.01. The molecule has 0 aliphatic rings. The van der Waals surface area contributed by atoms with Crippen molar-refractivity contribution < 1.29 is 9.53 Å². The molecule has 1 aromatic heterocycles. The minimum absolute atomic E-state index is 0.0805. The number of hydrogen-bond donors (Lipinski definition) is 2. The number of carbonyl (C=O) groups is 1. The fourth-order valence-electron chi connectivity index (χ4n) is 2.34. The molecule has 1 amide bonds. The van der Waals surface area contributed by atoms with Crippen LogP contribution in [0.3, 0.4) is 0 Å². The molecular weight excluding hydrogens is 264 g/mol. The Bertz CT molecular complexity index is 777. The van der Waals surface area contributed by atoms with Crippen LogP contribution in [0.4, 0.5) is 0 Å². The van der Waals surface area contributed by atoms with Gasteiger partial charge in [0.15, 0.2) is 0 Å². The largest absolute Gasteiger partial charge is 0.497 e. The van der Waals surface area contributed by atoms with Crippen molar-refractivity contribution in [2.24, 2.45) is 0 Å². The van der Waals surface area contributed by atoms with Gasteiger partial charge in [0.05, 0.1) is 7.11 Å². The quantitative estimate of drug-likeness (QED) is 0.771. The standard InChI is InChI=1S/C17H16N2O2/c1-21-13-5-2-4-12(10-13)11-19-17(20)15-6-3-7-16-14(15)8-9-18-16/h2-10,18H,11H2,1H3,(H,19,20). The van der Waals surface area contributed by atoms with Crippen molar-refractivity contribution in [2.45, 2.75) is 6.54 Å². The number of ether oxygens (including phenoxy) is 1. The Labute approximate surface area is 122 Å². The number of rotatable bonds is 4. The molecule has 2 N–H and O–H groups in total. The van der Waals surface area contributed by atoms with Gasteiger partial charge in [0.25, 0.3) is 5.91 Å². The first-order valence-corrected chi connectivity index (χ1v) is 6.75. The lowest BCUT2D eigenvalue weighted by Gasteiger charge is -2.08. The molecule has 0 radical (unpaired) electrons. The highest BCUT2D eigenvalue weighted by atomic mass is 16.5. The normalized spacial score (nSPS) is 10.5. The monoisotopic (exact) mass is 280 g/mol. The van der Waals surface area contributed by atoms with Crippen molar-refractivity contribution in [3.8, 4) is 5.75 Å². The first-order valence-electron chi connectivity index (χ1n) is 6.75. The van der Waals surface area contributed by atoms with Crippen LogP contribution in [0.5, 0.6) is 5.75 Å². The number of carbonyl (C=O) groups excluding carboxylic acids is 1. The van der Waals surface area contributed by atoms with Gasteiger partial charge in [-0.25, -0.2) is 0 Å². The van der Waals surface area contributed by atoms with Crippen LogP contribution in [0.1, 0.15) is 15.9 Å². The summed E-state index contributed by atoms with van der Waals surface area (Å²) in [6.07, 6.45) is 1.84. The van der Waals surface area contributed by atoms with Crippen molar-refractivity contribution in [3.63, 3.8) is 0 Å². The summed E-state index contributed by atoms with van der Waals surface area (Å²) in [5.74, 6) is 0.706. The zero-order chi connectivity index (χ0) is 14.7. The van der Waals surface area contributed by atoms with Crippen LogP contribution in [0.25, 0.3) is 10.9 Å². The van der Waals surface area contributed by atoms with Crippen LogP contribution >= 0.6 is 0 Å². The molecule has 0 saturated carbocycles. The minimum Gasteiger partial charge on any atom is -0.497 e. The second kappa shape index (κ2) is 5.71. The lowest BCUT2D eigenvalue weighted by molar-refractivity contribution is 0.0952. The number of fused-ring (bicyclic) bond motifs is 1. The van der Waals surface area contributed by atoms with Gasteiger partial charge in [0, 0.05) is 29.2 Å². The number of hydrogen-bond acceptors (Lipinski definition) is 2. The number of aromatic amines is 1. The number of methoxy groups -OCH3 is 1. The van der Waals surface area contributed by atoms with Crippen LogP contribution in [0.2, 0.25) is 0 Å². The summed E-state index contributed by atoms with van der Waals surface area (Å²) >= 11 is 0. The predicted octanol–water partition coefficient (Wildman–Crippen LogP) is 3.11. The third kappa shape index (κ3) is 2.74. The smallest absolute Gasteiger partial charge is 0.252 e. The zero-order valence-corrected chi connectivity index (χ0v) is 11.7. The molecule has 0 aliphatic heterocycles. The summed E-state index contributed by atoms with van der Waals surface area (Å²) in [5, 5.41) is 3.87. The van der Waals surface area contributed by atoms with Gasteiger partial charge in [-0.3, -0.25) is 4.79 Å². The first-order chi connectivity index (χ1) is 10.3. The summed E-state index contributed by atoms with van der Waals surface area (Å²) in [6, 6.07) is 15.2. The molecule has 0 saturated heterocycles. The van der Waals surface area contributed by atoms with E-state index >= 15 is 0 Å². The Morgan fingerprint density at radius 3 is 2.90 bits per heavy atom. The molecule has 0 spiro atoms. The van der Waals surface area contributed by atoms with Crippen molar-refractivity contribution in [1.29, 1.82) is 0 Å². The van der Waals surface area contributed by atoms with Crippen LogP contribution in [0.15, 0.2) is 54.7 Å². The number of benzene rings is 2.